The minimum absolute atomic E-state index is 0.275. The van der Waals surface area contributed by atoms with E-state index in [0.29, 0.717) is 18.4 Å². The molecule has 1 N–H and O–H groups in total. The first-order valence-corrected chi connectivity index (χ1v) is 8.08. The van der Waals surface area contributed by atoms with Gasteiger partial charge in [-0.05, 0) is 31.7 Å². The average molecular weight is 249 g/mol. The molecule has 0 aromatic carbocycles. The van der Waals surface area contributed by atoms with Crippen LogP contribution in [0.1, 0.15) is 26.2 Å². The molecule has 1 heterocycles. The topological polar surface area (TPSA) is 55.4 Å². The molecular weight excluding hydrogens is 226 g/mol. The Labute approximate surface area is 98.7 Å². The molecule has 1 rings (SSSR count). The largest absolute Gasteiger partial charge is 0.381 e. The van der Waals surface area contributed by atoms with Crippen LogP contribution in [0.15, 0.2) is 0 Å². The van der Waals surface area contributed by atoms with Gasteiger partial charge in [-0.1, -0.05) is 6.92 Å². The smallest absolute Gasteiger partial charge is 0.147 e. The van der Waals surface area contributed by atoms with Gasteiger partial charge in [0.2, 0.25) is 0 Å². The molecule has 0 aromatic rings. The summed E-state index contributed by atoms with van der Waals surface area (Å²) in [5, 5.41) is 3.44. The summed E-state index contributed by atoms with van der Waals surface area (Å²) in [7, 11) is -2.81. The zero-order valence-corrected chi connectivity index (χ0v) is 11.1. The lowest BCUT2D eigenvalue weighted by Crippen LogP contribution is -2.37. The van der Waals surface area contributed by atoms with E-state index in [1.54, 1.807) is 0 Å². The summed E-state index contributed by atoms with van der Waals surface area (Å²) in [6, 6.07) is 0.474. The summed E-state index contributed by atoms with van der Waals surface area (Å²) in [5.41, 5.74) is 0. The Morgan fingerprint density at radius 3 is 2.75 bits per heavy atom. The second kappa shape index (κ2) is 6.57. The Morgan fingerprint density at radius 1 is 1.50 bits per heavy atom. The van der Waals surface area contributed by atoms with Crippen LogP contribution in [0, 0.1) is 5.92 Å². The van der Waals surface area contributed by atoms with E-state index in [0.717, 1.165) is 32.6 Å². The van der Waals surface area contributed by atoms with Gasteiger partial charge in [-0.15, -0.1) is 0 Å². The molecule has 1 fully saturated rings. The van der Waals surface area contributed by atoms with Crippen molar-refractivity contribution in [3.8, 4) is 0 Å². The van der Waals surface area contributed by atoms with Crippen LogP contribution in [0.25, 0.3) is 0 Å². The third-order valence-electron chi connectivity index (χ3n) is 3.07. The fourth-order valence-electron chi connectivity index (χ4n) is 2.14. The minimum atomic E-state index is -2.81. The molecule has 2 unspecified atom stereocenters. The molecule has 0 aliphatic carbocycles. The first-order valence-electron chi connectivity index (χ1n) is 6.02. The highest BCUT2D eigenvalue weighted by Crippen LogP contribution is 2.18. The molecule has 0 aromatic heterocycles. The van der Waals surface area contributed by atoms with E-state index in [1.807, 2.05) is 0 Å². The Hall–Kier alpha value is -0.130. The fourth-order valence-corrected chi connectivity index (χ4v) is 2.80. The van der Waals surface area contributed by atoms with Crippen molar-refractivity contribution in [3.05, 3.63) is 0 Å². The predicted molar refractivity (Wildman–Crippen MR) is 65.3 cm³/mol. The minimum Gasteiger partial charge on any atom is -0.381 e. The van der Waals surface area contributed by atoms with Gasteiger partial charge in [-0.2, -0.15) is 0 Å². The average Bonchev–Trinajstić information content (AvgIpc) is 2.69. The van der Waals surface area contributed by atoms with Gasteiger partial charge >= 0.3 is 0 Å². The molecular formula is C11H23NO3S. The summed E-state index contributed by atoms with van der Waals surface area (Å²) in [5.74, 6) is 0.876. The van der Waals surface area contributed by atoms with Gasteiger partial charge in [0.15, 0.2) is 0 Å². The van der Waals surface area contributed by atoms with Crippen LogP contribution in [-0.4, -0.2) is 46.2 Å². The van der Waals surface area contributed by atoms with Crippen LogP contribution in [0.3, 0.4) is 0 Å². The quantitative estimate of drug-likeness (QED) is 0.679. The molecule has 96 valence electrons. The number of hydrogen-bond acceptors (Lipinski definition) is 4. The summed E-state index contributed by atoms with van der Waals surface area (Å²) < 4.78 is 27.3. The van der Waals surface area contributed by atoms with Gasteiger partial charge in [-0.3, -0.25) is 0 Å². The molecule has 0 saturated carbocycles. The first-order chi connectivity index (χ1) is 7.53. The molecule has 1 saturated heterocycles. The summed E-state index contributed by atoms with van der Waals surface area (Å²) >= 11 is 0. The van der Waals surface area contributed by atoms with Crippen molar-refractivity contribution in [3.63, 3.8) is 0 Å². The number of sulfone groups is 1. The molecule has 0 bridgehead atoms. The Kier molecular flexibility index (Phi) is 5.72. The standard InChI is InChI=1S/C11H23NO3S/c1-3-11(10-5-7-15-9-10)12-6-4-8-16(2,13)14/h10-12H,3-9H2,1-2H3. The van der Waals surface area contributed by atoms with E-state index < -0.39 is 9.84 Å². The maximum Gasteiger partial charge on any atom is 0.147 e. The van der Waals surface area contributed by atoms with Gasteiger partial charge < -0.3 is 10.1 Å². The Balaban J connectivity index is 2.18. The lowest BCUT2D eigenvalue weighted by atomic mass is 9.97. The lowest BCUT2D eigenvalue weighted by molar-refractivity contribution is 0.176. The molecule has 0 spiro atoms. The van der Waals surface area contributed by atoms with Crippen molar-refractivity contribution in [2.24, 2.45) is 5.92 Å². The zero-order chi connectivity index (χ0) is 12.0. The van der Waals surface area contributed by atoms with E-state index in [4.69, 9.17) is 4.74 Å². The number of rotatable bonds is 7. The third kappa shape index (κ3) is 5.27. The molecule has 16 heavy (non-hydrogen) atoms. The highest BCUT2D eigenvalue weighted by Gasteiger charge is 2.23. The van der Waals surface area contributed by atoms with E-state index in [9.17, 15) is 8.42 Å². The van der Waals surface area contributed by atoms with E-state index in [-0.39, 0.29) is 5.75 Å². The van der Waals surface area contributed by atoms with Crippen LogP contribution in [0.2, 0.25) is 0 Å². The van der Waals surface area contributed by atoms with E-state index in [2.05, 4.69) is 12.2 Å². The summed E-state index contributed by atoms with van der Waals surface area (Å²) in [6.07, 6.45) is 4.18. The predicted octanol–water partition coefficient (Wildman–Crippen LogP) is 0.826. The molecule has 1 aliphatic heterocycles. The Morgan fingerprint density at radius 2 is 2.25 bits per heavy atom. The Bertz CT molecular complexity index is 284. The van der Waals surface area contributed by atoms with Crippen LogP contribution >= 0.6 is 0 Å². The van der Waals surface area contributed by atoms with Crippen molar-refractivity contribution in [1.82, 2.24) is 5.32 Å². The molecule has 0 radical (unpaired) electrons. The SMILES string of the molecule is CCC(NCCCS(C)(=O)=O)C1CCOC1. The normalized spacial score (nSPS) is 23.5. The number of nitrogens with one attached hydrogen (secondary N) is 1. The summed E-state index contributed by atoms with van der Waals surface area (Å²) in [6.45, 7) is 4.65. The maximum absolute atomic E-state index is 11.0. The first kappa shape index (κ1) is 13.9. The van der Waals surface area contributed by atoms with Gasteiger partial charge in [0, 0.05) is 18.9 Å². The van der Waals surface area contributed by atoms with Crippen LogP contribution in [0.4, 0.5) is 0 Å². The fraction of sp³-hybridized carbons (Fsp3) is 1.00. The van der Waals surface area contributed by atoms with Gasteiger partial charge in [0.25, 0.3) is 0 Å². The van der Waals surface area contributed by atoms with Crippen molar-refractivity contribution < 1.29 is 13.2 Å². The van der Waals surface area contributed by atoms with Crippen molar-refractivity contribution >= 4 is 9.84 Å². The van der Waals surface area contributed by atoms with Crippen molar-refractivity contribution in [2.45, 2.75) is 32.2 Å². The van der Waals surface area contributed by atoms with Gasteiger partial charge in [0.05, 0.1) is 12.4 Å². The van der Waals surface area contributed by atoms with Crippen molar-refractivity contribution in [2.75, 3.05) is 31.8 Å². The van der Waals surface area contributed by atoms with Gasteiger partial charge in [0.1, 0.15) is 9.84 Å². The number of hydrogen-bond donors (Lipinski definition) is 1. The maximum atomic E-state index is 11.0. The van der Waals surface area contributed by atoms with Crippen molar-refractivity contribution in [1.29, 1.82) is 0 Å². The van der Waals surface area contributed by atoms with E-state index >= 15 is 0 Å². The zero-order valence-electron chi connectivity index (χ0n) is 10.2. The molecule has 4 nitrogen and oxygen atoms in total. The number of ether oxygens (including phenoxy) is 1. The summed E-state index contributed by atoms with van der Waals surface area (Å²) in [4.78, 5) is 0. The molecule has 0 amide bonds. The van der Waals surface area contributed by atoms with Gasteiger partial charge in [-0.25, -0.2) is 8.42 Å². The van der Waals surface area contributed by atoms with Crippen LogP contribution in [0.5, 0.6) is 0 Å². The highest BCUT2D eigenvalue weighted by atomic mass is 32.2. The lowest BCUT2D eigenvalue weighted by Gasteiger charge is -2.22. The molecule has 2 atom stereocenters. The molecule has 5 heteroatoms. The highest BCUT2D eigenvalue weighted by molar-refractivity contribution is 7.90. The molecule has 1 aliphatic rings. The second-order valence-electron chi connectivity index (χ2n) is 4.58. The van der Waals surface area contributed by atoms with Crippen LogP contribution in [-0.2, 0) is 14.6 Å². The second-order valence-corrected chi connectivity index (χ2v) is 6.84. The van der Waals surface area contributed by atoms with E-state index in [1.165, 1.54) is 6.26 Å². The third-order valence-corrected chi connectivity index (χ3v) is 4.10. The monoisotopic (exact) mass is 249 g/mol. The van der Waals surface area contributed by atoms with Crippen LogP contribution < -0.4 is 5.32 Å².